The lowest BCUT2D eigenvalue weighted by molar-refractivity contribution is -0.137. The Kier molecular flexibility index (Phi) is 4.08. The highest BCUT2D eigenvalue weighted by Crippen LogP contribution is 2.17. The monoisotopic (exact) mass is 274 g/mol. The molecule has 5 heteroatoms. The lowest BCUT2D eigenvalue weighted by atomic mass is 10.1. The second-order valence-electron chi connectivity index (χ2n) is 4.88. The van der Waals surface area contributed by atoms with Crippen LogP contribution in [-0.4, -0.2) is 20.2 Å². The van der Waals surface area contributed by atoms with Crippen molar-refractivity contribution in [3.8, 4) is 5.69 Å². The number of para-hydroxylation sites is 1. The van der Waals surface area contributed by atoms with Crippen molar-refractivity contribution in [2.24, 2.45) is 7.05 Å². The quantitative estimate of drug-likeness (QED) is 0.905. The molecule has 0 atom stereocenters. The number of imidazole rings is 1. The van der Waals surface area contributed by atoms with Gasteiger partial charge in [-0.1, -0.05) is 18.2 Å². The van der Waals surface area contributed by atoms with Crippen molar-refractivity contribution < 1.29 is 9.90 Å². The van der Waals surface area contributed by atoms with E-state index in [1.165, 1.54) is 0 Å². The van der Waals surface area contributed by atoms with Crippen LogP contribution in [0.4, 0.5) is 0 Å². The summed E-state index contributed by atoms with van der Waals surface area (Å²) in [5.74, 6) is -0.796. The van der Waals surface area contributed by atoms with Gasteiger partial charge in [-0.3, -0.25) is 9.36 Å². The molecule has 106 valence electrons. The molecule has 0 spiro atoms. The van der Waals surface area contributed by atoms with E-state index in [1.54, 1.807) is 22.4 Å². The average molecular weight is 274 g/mol. The normalized spacial score (nSPS) is 10.7. The van der Waals surface area contributed by atoms with E-state index in [0.717, 1.165) is 16.9 Å². The summed E-state index contributed by atoms with van der Waals surface area (Å²) in [5, 5.41) is 8.71. The zero-order chi connectivity index (χ0) is 14.7. The summed E-state index contributed by atoms with van der Waals surface area (Å²) in [6.45, 7) is 1.88. The molecule has 1 N–H and O–H groups in total. The highest BCUT2D eigenvalue weighted by Gasteiger charge is 2.11. The first-order valence-corrected chi connectivity index (χ1v) is 6.55. The molecule has 0 unspecified atom stereocenters. The number of aromatic nitrogens is 2. The topological polar surface area (TPSA) is 64.2 Å². The summed E-state index contributed by atoms with van der Waals surface area (Å²) >= 11 is 0. The van der Waals surface area contributed by atoms with Crippen LogP contribution in [0, 0.1) is 6.92 Å². The summed E-state index contributed by atoms with van der Waals surface area (Å²) < 4.78 is 3.21. The first kappa shape index (κ1) is 14.1. The van der Waals surface area contributed by atoms with E-state index in [2.05, 4.69) is 0 Å². The van der Waals surface area contributed by atoms with Crippen molar-refractivity contribution in [2.45, 2.75) is 26.2 Å². The minimum Gasteiger partial charge on any atom is -0.481 e. The van der Waals surface area contributed by atoms with Crippen LogP contribution in [0.25, 0.3) is 5.69 Å². The molecule has 0 saturated heterocycles. The Balaban J connectivity index is 2.37. The van der Waals surface area contributed by atoms with E-state index in [-0.39, 0.29) is 12.1 Å². The maximum Gasteiger partial charge on any atom is 0.332 e. The fourth-order valence-corrected chi connectivity index (χ4v) is 2.37. The van der Waals surface area contributed by atoms with E-state index in [1.807, 2.05) is 31.2 Å². The molecule has 0 fully saturated rings. The third-order valence-electron chi connectivity index (χ3n) is 3.30. The van der Waals surface area contributed by atoms with Crippen molar-refractivity contribution in [1.29, 1.82) is 0 Å². The average Bonchev–Trinajstić information content (AvgIpc) is 2.64. The number of hydrogen-bond acceptors (Lipinski definition) is 2. The van der Waals surface area contributed by atoms with Gasteiger partial charge in [0.1, 0.15) is 0 Å². The number of aryl methyl sites for hydroxylation is 3. The van der Waals surface area contributed by atoms with Crippen LogP contribution in [0.2, 0.25) is 0 Å². The van der Waals surface area contributed by atoms with Crippen molar-refractivity contribution >= 4 is 5.97 Å². The molecule has 1 aromatic carbocycles. The molecule has 5 nitrogen and oxygen atoms in total. The van der Waals surface area contributed by atoms with E-state index in [9.17, 15) is 9.59 Å². The summed E-state index contributed by atoms with van der Waals surface area (Å²) in [7, 11) is 1.72. The minimum atomic E-state index is -0.796. The van der Waals surface area contributed by atoms with E-state index in [4.69, 9.17) is 5.11 Å². The highest BCUT2D eigenvalue weighted by molar-refractivity contribution is 5.66. The third kappa shape index (κ3) is 2.82. The number of hydrogen-bond donors (Lipinski definition) is 1. The molecule has 0 aliphatic heterocycles. The van der Waals surface area contributed by atoms with Crippen LogP contribution in [0.1, 0.15) is 24.1 Å². The summed E-state index contributed by atoms with van der Waals surface area (Å²) in [4.78, 5) is 22.8. The lowest BCUT2D eigenvalue weighted by Gasteiger charge is -2.10. The maximum atomic E-state index is 12.2. The molecule has 2 rings (SSSR count). The van der Waals surface area contributed by atoms with Gasteiger partial charge in [0, 0.05) is 25.4 Å². The summed E-state index contributed by atoms with van der Waals surface area (Å²) in [6, 6.07) is 7.62. The van der Waals surface area contributed by atoms with E-state index in [0.29, 0.717) is 12.8 Å². The molecule has 0 aliphatic carbocycles. The molecule has 1 aromatic heterocycles. The molecule has 1 heterocycles. The lowest BCUT2D eigenvalue weighted by Crippen LogP contribution is -2.22. The van der Waals surface area contributed by atoms with Crippen molar-refractivity contribution in [3.05, 3.63) is 52.2 Å². The first-order chi connectivity index (χ1) is 9.50. The first-order valence-electron chi connectivity index (χ1n) is 6.55. The Morgan fingerprint density at radius 2 is 2.00 bits per heavy atom. The molecule has 20 heavy (non-hydrogen) atoms. The standard InChI is InChI=1S/C15H18N2O3/c1-11-10-16(2)15(20)17(11)13-8-4-3-6-12(13)7-5-9-14(18)19/h3-4,6,8,10H,5,7,9H2,1-2H3,(H,18,19). The van der Waals surface area contributed by atoms with Crippen LogP contribution in [0.3, 0.4) is 0 Å². The fourth-order valence-electron chi connectivity index (χ4n) is 2.37. The Bertz CT molecular complexity index is 683. The van der Waals surface area contributed by atoms with Crippen LogP contribution in [0.15, 0.2) is 35.3 Å². The van der Waals surface area contributed by atoms with Crippen molar-refractivity contribution in [1.82, 2.24) is 9.13 Å². The second-order valence-corrected chi connectivity index (χ2v) is 4.88. The van der Waals surface area contributed by atoms with Gasteiger partial charge >= 0.3 is 11.7 Å². The van der Waals surface area contributed by atoms with E-state index < -0.39 is 5.97 Å². The predicted octanol–water partition coefficient (Wildman–Crippen LogP) is 1.89. The van der Waals surface area contributed by atoms with Crippen LogP contribution >= 0.6 is 0 Å². The van der Waals surface area contributed by atoms with E-state index >= 15 is 0 Å². The van der Waals surface area contributed by atoms with Crippen LogP contribution in [0.5, 0.6) is 0 Å². The number of carbonyl (C=O) groups is 1. The molecule has 2 aromatic rings. The largest absolute Gasteiger partial charge is 0.481 e. The predicted molar refractivity (Wildman–Crippen MR) is 76.3 cm³/mol. The zero-order valence-electron chi connectivity index (χ0n) is 11.7. The van der Waals surface area contributed by atoms with Gasteiger partial charge in [0.05, 0.1) is 5.69 Å². The Labute approximate surface area is 117 Å². The van der Waals surface area contributed by atoms with Crippen molar-refractivity contribution in [2.75, 3.05) is 0 Å². The highest BCUT2D eigenvalue weighted by atomic mass is 16.4. The van der Waals surface area contributed by atoms with Gasteiger partial charge in [-0.2, -0.15) is 0 Å². The summed E-state index contributed by atoms with van der Waals surface area (Å²) in [5.41, 5.74) is 2.60. The smallest absolute Gasteiger partial charge is 0.332 e. The van der Waals surface area contributed by atoms with Gasteiger partial charge in [0.25, 0.3) is 0 Å². The third-order valence-corrected chi connectivity index (χ3v) is 3.30. The Hall–Kier alpha value is -2.30. The second kappa shape index (κ2) is 5.77. The Morgan fingerprint density at radius 1 is 1.30 bits per heavy atom. The van der Waals surface area contributed by atoms with Gasteiger partial charge in [-0.25, -0.2) is 4.79 Å². The minimum absolute atomic E-state index is 0.0896. The number of nitrogens with zero attached hydrogens (tertiary/aromatic N) is 2. The maximum absolute atomic E-state index is 12.2. The number of aliphatic carboxylic acids is 1. The number of rotatable bonds is 5. The van der Waals surface area contributed by atoms with Gasteiger partial charge in [-0.15, -0.1) is 0 Å². The van der Waals surface area contributed by atoms with Gasteiger partial charge in [0.2, 0.25) is 0 Å². The van der Waals surface area contributed by atoms with Crippen LogP contribution < -0.4 is 5.69 Å². The Morgan fingerprint density at radius 3 is 2.60 bits per heavy atom. The number of carboxylic acid groups (broad SMARTS) is 1. The van der Waals surface area contributed by atoms with Crippen LogP contribution in [-0.2, 0) is 18.3 Å². The fraction of sp³-hybridized carbons (Fsp3) is 0.333. The van der Waals surface area contributed by atoms with Gasteiger partial charge in [0.15, 0.2) is 0 Å². The van der Waals surface area contributed by atoms with Crippen molar-refractivity contribution in [3.63, 3.8) is 0 Å². The molecular weight excluding hydrogens is 256 g/mol. The number of carboxylic acids is 1. The van der Waals surface area contributed by atoms with Gasteiger partial charge in [-0.05, 0) is 31.4 Å². The molecule has 0 saturated carbocycles. The number of benzene rings is 1. The molecule has 0 aliphatic rings. The van der Waals surface area contributed by atoms with Gasteiger partial charge < -0.3 is 9.67 Å². The SMILES string of the molecule is Cc1cn(C)c(=O)n1-c1ccccc1CCCC(=O)O. The molecular formula is C15H18N2O3. The summed E-state index contributed by atoms with van der Waals surface area (Å²) in [6.07, 6.45) is 3.13. The molecule has 0 amide bonds. The molecule has 0 radical (unpaired) electrons. The zero-order valence-corrected chi connectivity index (χ0v) is 11.7. The molecule has 0 bridgehead atoms.